The van der Waals surface area contributed by atoms with E-state index in [0.717, 1.165) is 0 Å². The Bertz CT molecular complexity index is 416. The normalized spacial score (nSPS) is 12.2. The van der Waals surface area contributed by atoms with Crippen LogP contribution >= 0.6 is 15.9 Å². The van der Waals surface area contributed by atoms with Crippen molar-refractivity contribution in [3.05, 3.63) is 32.7 Å². The molecule has 0 bridgehead atoms. The number of H-pyrrole nitrogens is 1. The molecule has 1 atom stereocenters. The van der Waals surface area contributed by atoms with Crippen LogP contribution in [0, 0.1) is 0 Å². The van der Waals surface area contributed by atoms with Gasteiger partial charge in [0.2, 0.25) is 0 Å². The van der Waals surface area contributed by atoms with Crippen molar-refractivity contribution in [1.82, 2.24) is 10.3 Å². The molecular weight excluding hydrogens is 262 g/mol. The van der Waals surface area contributed by atoms with Crippen LogP contribution in [0.2, 0.25) is 0 Å². The number of halogens is 1. The zero-order chi connectivity index (χ0) is 11.4. The lowest BCUT2D eigenvalue weighted by Crippen LogP contribution is -2.38. The summed E-state index contributed by atoms with van der Waals surface area (Å²) in [6.45, 7) is 2.18. The largest absolute Gasteiger partial charge is 0.348 e. The number of hydrogen-bond donors (Lipinski definition) is 3. The maximum absolute atomic E-state index is 11.6. The molecule has 1 rings (SSSR count). The molecular formula is C9H12BrN3O2. The third-order valence-corrected chi connectivity index (χ3v) is 2.44. The average Bonchev–Trinajstić information content (AvgIpc) is 2.21. The summed E-state index contributed by atoms with van der Waals surface area (Å²) in [5.74, 6) is -0.259. The monoisotopic (exact) mass is 273 g/mol. The van der Waals surface area contributed by atoms with E-state index in [4.69, 9.17) is 5.73 Å². The molecule has 1 aromatic rings. The Labute approximate surface area is 95.2 Å². The van der Waals surface area contributed by atoms with Crippen LogP contribution in [0.1, 0.15) is 17.3 Å². The van der Waals surface area contributed by atoms with E-state index < -0.39 is 0 Å². The van der Waals surface area contributed by atoms with E-state index in [9.17, 15) is 9.59 Å². The van der Waals surface area contributed by atoms with E-state index in [-0.39, 0.29) is 17.5 Å². The Morgan fingerprint density at radius 1 is 1.73 bits per heavy atom. The molecule has 0 aromatic carbocycles. The van der Waals surface area contributed by atoms with Crippen LogP contribution in [0.5, 0.6) is 0 Å². The van der Waals surface area contributed by atoms with Gasteiger partial charge in [0.05, 0.1) is 10.0 Å². The number of pyridine rings is 1. The average molecular weight is 274 g/mol. The van der Waals surface area contributed by atoms with Crippen molar-refractivity contribution in [1.29, 1.82) is 0 Å². The summed E-state index contributed by atoms with van der Waals surface area (Å²) in [6, 6.07) is 1.38. The molecule has 1 amide bonds. The molecule has 0 saturated heterocycles. The molecule has 0 aliphatic heterocycles. The van der Waals surface area contributed by atoms with Crippen molar-refractivity contribution < 1.29 is 4.79 Å². The van der Waals surface area contributed by atoms with Gasteiger partial charge in [-0.25, -0.2) is 0 Å². The summed E-state index contributed by atoms with van der Waals surface area (Å²) in [7, 11) is 0. The number of amides is 1. The van der Waals surface area contributed by atoms with Gasteiger partial charge in [0.1, 0.15) is 0 Å². The van der Waals surface area contributed by atoms with Gasteiger partial charge in [-0.3, -0.25) is 9.59 Å². The molecule has 0 saturated carbocycles. The topological polar surface area (TPSA) is 88.0 Å². The van der Waals surface area contributed by atoms with Crippen molar-refractivity contribution in [2.75, 3.05) is 6.54 Å². The third-order valence-electron chi connectivity index (χ3n) is 1.85. The highest BCUT2D eigenvalue weighted by Gasteiger charge is 2.09. The molecule has 1 aromatic heterocycles. The predicted octanol–water partition coefficient (Wildman–Crippen LogP) is 0.214. The van der Waals surface area contributed by atoms with Crippen LogP contribution in [0.3, 0.4) is 0 Å². The summed E-state index contributed by atoms with van der Waals surface area (Å²) < 4.78 is 0.329. The van der Waals surface area contributed by atoms with E-state index in [1.165, 1.54) is 12.3 Å². The van der Waals surface area contributed by atoms with Gasteiger partial charge in [-0.05, 0) is 28.9 Å². The first kappa shape index (κ1) is 11.9. The third kappa shape index (κ3) is 3.17. The summed E-state index contributed by atoms with van der Waals surface area (Å²) in [4.78, 5) is 25.0. The summed E-state index contributed by atoms with van der Waals surface area (Å²) in [6.07, 6.45) is 1.37. The van der Waals surface area contributed by atoms with E-state index in [1.807, 2.05) is 0 Å². The van der Waals surface area contributed by atoms with E-state index in [2.05, 4.69) is 26.2 Å². The molecule has 4 N–H and O–H groups in total. The lowest BCUT2D eigenvalue weighted by Gasteiger charge is -2.10. The number of nitrogens with two attached hydrogens (primary N) is 1. The molecule has 0 spiro atoms. The van der Waals surface area contributed by atoms with Gasteiger partial charge >= 0.3 is 0 Å². The van der Waals surface area contributed by atoms with Crippen LogP contribution in [-0.4, -0.2) is 23.5 Å². The molecule has 5 nitrogen and oxygen atoms in total. The van der Waals surface area contributed by atoms with Crippen LogP contribution in [0.25, 0.3) is 0 Å². The summed E-state index contributed by atoms with van der Waals surface area (Å²) in [5.41, 5.74) is 5.50. The highest BCUT2D eigenvalue weighted by molar-refractivity contribution is 9.10. The molecule has 0 aliphatic rings. The fourth-order valence-electron chi connectivity index (χ4n) is 0.953. The van der Waals surface area contributed by atoms with Gasteiger partial charge in [-0.2, -0.15) is 0 Å². The quantitative estimate of drug-likeness (QED) is 0.736. The molecule has 82 valence electrons. The van der Waals surface area contributed by atoms with Gasteiger partial charge in [0.15, 0.2) is 0 Å². The van der Waals surface area contributed by atoms with Crippen molar-refractivity contribution in [2.24, 2.45) is 5.73 Å². The first-order chi connectivity index (χ1) is 7.04. The van der Waals surface area contributed by atoms with E-state index in [0.29, 0.717) is 16.6 Å². The van der Waals surface area contributed by atoms with Gasteiger partial charge < -0.3 is 16.0 Å². The molecule has 15 heavy (non-hydrogen) atoms. The van der Waals surface area contributed by atoms with Crippen molar-refractivity contribution in [3.63, 3.8) is 0 Å². The summed E-state index contributed by atoms with van der Waals surface area (Å²) in [5, 5.41) is 2.69. The number of rotatable bonds is 3. The molecule has 0 unspecified atom stereocenters. The van der Waals surface area contributed by atoms with Crippen LogP contribution in [0.15, 0.2) is 21.5 Å². The zero-order valence-electron chi connectivity index (χ0n) is 8.21. The number of aromatic nitrogens is 1. The molecule has 0 radical (unpaired) electrons. The predicted molar refractivity (Wildman–Crippen MR) is 60.7 cm³/mol. The number of hydrogen-bond acceptors (Lipinski definition) is 3. The van der Waals surface area contributed by atoms with Crippen molar-refractivity contribution >= 4 is 21.8 Å². The maximum Gasteiger partial charge on any atom is 0.262 e. The second-order valence-corrected chi connectivity index (χ2v) is 4.03. The zero-order valence-corrected chi connectivity index (χ0v) is 9.80. The Hall–Kier alpha value is -1.14. The number of nitrogens with one attached hydrogen (secondary N) is 2. The van der Waals surface area contributed by atoms with Crippen molar-refractivity contribution in [2.45, 2.75) is 13.0 Å². The SMILES string of the molecule is C[C@@H](CN)NC(=O)c1c[nH]c(=O)c(Br)c1. The Kier molecular flexibility index (Phi) is 4.05. The Balaban J connectivity index is 2.83. The smallest absolute Gasteiger partial charge is 0.262 e. The fourth-order valence-corrected chi connectivity index (χ4v) is 1.31. The Morgan fingerprint density at radius 3 is 2.93 bits per heavy atom. The van der Waals surface area contributed by atoms with Gasteiger partial charge in [0, 0.05) is 18.8 Å². The minimum absolute atomic E-state index is 0.0943. The maximum atomic E-state index is 11.6. The first-order valence-corrected chi connectivity index (χ1v) is 5.23. The minimum Gasteiger partial charge on any atom is -0.348 e. The lowest BCUT2D eigenvalue weighted by molar-refractivity contribution is 0.0941. The highest BCUT2D eigenvalue weighted by Crippen LogP contribution is 2.05. The number of aromatic amines is 1. The van der Waals surface area contributed by atoms with E-state index in [1.54, 1.807) is 6.92 Å². The molecule has 6 heteroatoms. The second-order valence-electron chi connectivity index (χ2n) is 3.18. The summed E-state index contributed by atoms with van der Waals surface area (Å²) >= 11 is 3.05. The van der Waals surface area contributed by atoms with Gasteiger partial charge in [-0.1, -0.05) is 0 Å². The van der Waals surface area contributed by atoms with E-state index >= 15 is 0 Å². The molecule has 1 heterocycles. The highest BCUT2D eigenvalue weighted by atomic mass is 79.9. The minimum atomic E-state index is -0.265. The number of carbonyl (C=O) groups is 1. The number of carbonyl (C=O) groups excluding carboxylic acids is 1. The second kappa shape index (κ2) is 5.09. The van der Waals surface area contributed by atoms with Gasteiger partial charge in [0.25, 0.3) is 11.5 Å². The lowest BCUT2D eigenvalue weighted by atomic mass is 10.2. The van der Waals surface area contributed by atoms with Crippen molar-refractivity contribution in [3.8, 4) is 0 Å². The van der Waals surface area contributed by atoms with Crippen LogP contribution in [0.4, 0.5) is 0 Å². The van der Waals surface area contributed by atoms with Gasteiger partial charge in [-0.15, -0.1) is 0 Å². The molecule has 0 aliphatic carbocycles. The van der Waals surface area contributed by atoms with Crippen LogP contribution < -0.4 is 16.6 Å². The van der Waals surface area contributed by atoms with Crippen LogP contribution in [-0.2, 0) is 0 Å². The fraction of sp³-hybridized carbons (Fsp3) is 0.333. The Morgan fingerprint density at radius 2 is 2.40 bits per heavy atom. The first-order valence-electron chi connectivity index (χ1n) is 4.43. The standard InChI is InChI=1S/C9H12BrN3O2/c1-5(3-11)13-8(14)6-2-7(10)9(15)12-4-6/h2,4-5H,3,11H2,1H3,(H,12,15)(H,13,14)/t5-/m0/s1. The molecule has 0 fully saturated rings.